The van der Waals surface area contributed by atoms with Gasteiger partial charge in [0.25, 0.3) is 0 Å². The number of hydrogen-bond acceptors (Lipinski definition) is 7. The molecule has 0 bridgehead atoms. The van der Waals surface area contributed by atoms with Gasteiger partial charge in [-0.05, 0) is 105 Å². The van der Waals surface area contributed by atoms with Crippen LogP contribution < -0.4 is 0 Å². The van der Waals surface area contributed by atoms with Crippen LogP contribution in [0.2, 0.25) is 0 Å². The molecule has 14 rings (SSSR count). The van der Waals surface area contributed by atoms with Gasteiger partial charge in [-0.2, -0.15) is 0 Å². The van der Waals surface area contributed by atoms with Gasteiger partial charge in [0.1, 0.15) is 11.0 Å². The van der Waals surface area contributed by atoms with Gasteiger partial charge >= 0.3 is 0 Å². The molecule has 8 nitrogen and oxygen atoms in total. The van der Waals surface area contributed by atoms with E-state index in [2.05, 4.69) is 126 Å². The molecule has 0 spiro atoms. The van der Waals surface area contributed by atoms with Crippen LogP contribution in [-0.2, 0) is 0 Å². The molecule has 4 aromatic heterocycles. The molecular formula is C61H36N6O2. The average molecular weight is 885 g/mol. The Kier molecular flexibility index (Phi) is 8.72. The third-order valence-electron chi connectivity index (χ3n) is 13.1. The van der Waals surface area contributed by atoms with Crippen LogP contribution in [0, 0.1) is 0 Å². The molecule has 0 saturated heterocycles. The number of hydrogen-bond donors (Lipinski definition) is 0. The molecule has 14 aromatic rings. The number of rotatable bonds is 7. The maximum atomic E-state index is 6.09. The average Bonchev–Trinajstić information content (AvgIpc) is 4.16. The first kappa shape index (κ1) is 38.7. The van der Waals surface area contributed by atoms with Gasteiger partial charge in [-0.25, -0.2) is 24.9 Å². The predicted octanol–water partition coefficient (Wildman–Crippen LogP) is 15.6. The minimum Gasteiger partial charge on any atom is -0.436 e. The van der Waals surface area contributed by atoms with Gasteiger partial charge in [-0.15, -0.1) is 0 Å². The molecule has 0 unspecified atom stereocenters. The number of oxazole rings is 2. The molecule has 4 heterocycles. The minimum absolute atomic E-state index is 0.545. The fraction of sp³-hybridized carbons (Fsp3) is 0. The highest BCUT2D eigenvalue weighted by Gasteiger charge is 2.21. The highest BCUT2D eigenvalue weighted by molar-refractivity contribution is 6.30. The molecule has 0 aliphatic rings. The van der Waals surface area contributed by atoms with Crippen LogP contribution in [0.5, 0.6) is 0 Å². The van der Waals surface area contributed by atoms with Crippen molar-refractivity contribution in [2.24, 2.45) is 0 Å². The third-order valence-corrected chi connectivity index (χ3v) is 13.1. The van der Waals surface area contributed by atoms with E-state index in [9.17, 15) is 0 Å². The lowest BCUT2D eigenvalue weighted by molar-refractivity contribution is 0.619. The highest BCUT2D eigenvalue weighted by atomic mass is 16.4. The molecule has 0 fully saturated rings. The second-order valence-electron chi connectivity index (χ2n) is 17.2. The van der Waals surface area contributed by atoms with Crippen molar-refractivity contribution in [2.45, 2.75) is 0 Å². The van der Waals surface area contributed by atoms with Crippen LogP contribution >= 0.6 is 0 Å². The van der Waals surface area contributed by atoms with Crippen molar-refractivity contribution >= 4 is 65.6 Å². The standard InChI is InChI=1S/C61H36N6O2/c1-2-13-44(14-3-1)67-51-35-34-37-12-4-5-15-45(37)55(51)56-47-17-7-6-16-46(47)48(36-52(56)67)38-22-24-39(25-23-38)57-64-58(40-26-30-42(31-27-40)60-62-49-18-8-10-20-53(49)68-60)66-59(65-57)41-28-32-43(33-29-41)61-63-50-19-9-11-21-54(50)69-61/h1-36H. The second kappa shape index (κ2) is 15.5. The van der Waals surface area contributed by atoms with Crippen molar-refractivity contribution in [3.63, 3.8) is 0 Å². The predicted molar refractivity (Wildman–Crippen MR) is 277 cm³/mol. The van der Waals surface area contributed by atoms with E-state index in [4.69, 9.17) is 33.8 Å². The van der Waals surface area contributed by atoms with Crippen molar-refractivity contribution in [2.75, 3.05) is 0 Å². The van der Waals surface area contributed by atoms with Crippen LogP contribution in [0.3, 0.4) is 0 Å². The Morgan fingerprint density at radius 2 is 0.768 bits per heavy atom. The summed E-state index contributed by atoms with van der Waals surface area (Å²) in [5, 5.41) is 7.36. The quantitative estimate of drug-likeness (QED) is 0.157. The molecule has 0 aliphatic carbocycles. The SMILES string of the molecule is c1ccc(-n2c3ccc4ccccc4c3c3c4ccccc4c(-c4ccc(-c5nc(-c6ccc(-c7nc8ccccc8o7)cc6)nc(-c6ccc(-c7nc8ccccc8o7)cc6)n5)cc4)cc32)cc1. The van der Waals surface area contributed by atoms with E-state index in [-0.39, 0.29) is 0 Å². The normalized spacial score (nSPS) is 11.8. The molecule has 8 heteroatoms. The van der Waals surface area contributed by atoms with Crippen LogP contribution in [0.1, 0.15) is 0 Å². The molecule has 0 aliphatic heterocycles. The zero-order chi connectivity index (χ0) is 45.4. The first-order chi connectivity index (χ1) is 34.2. The monoisotopic (exact) mass is 884 g/mol. The first-order valence-electron chi connectivity index (χ1n) is 22.9. The van der Waals surface area contributed by atoms with E-state index in [1.165, 1.54) is 37.8 Å². The van der Waals surface area contributed by atoms with Gasteiger partial charge in [-0.3, -0.25) is 0 Å². The van der Waals surface area contributed by atoms with Crippen molar-refractivity contribution in [3.05, 3.63) is 218 Å². The largest absolute Gasteiger partial charge is 0.436 e. The molecule has 10 aromatic carbocycles. The third kappa shape index (κ3) is 6.49. The van der Waals surface area contributed by atoms with Crippen LogP contribution in [-0.4, -0.2) is 29.5 Å². The molecule has 0 N–H and O–H groups in total. The van der Waals surface area contributed by atoms with Gasteiger partial charge in [-0.1, -0.05) is 146 Å². The zero-order valence-electron chi connectivity index (χ0n) is 36.8. The smallest absolute Gasteiger partial charge is 0.227 e. The van der Waals surface area contributed by atoms with E-state index in [1.807, 2.05) is 97.1 Å². The van der Waals surface area contributed by atoms with E-state index in [0.717, 1.165) is 72.3 Å². The summed E-state index contributed by atoms with van der Waals surface area (Å²) in [5.74, 6) is 2.76. The molecule has 0 amide bonds. The highest BCUT2D eigenvalue weighted by Crippen LogP contribution is 2.44. The Balaban J connectivity index is 0.893. The van der Waals surface area contributed by atoms with Crippen LogP contribution in [0.15, 0.2) is 227 Å². The zero-order valence-corrected chi connectivity index (χ0v) is 36.8. The maximum absolute atomic E-state index is 6.09. The summed E-state index contributed by atoms with van der Waals surface area (Å²) in [5.41, 5.74) is 13.1. The summed E-state index contributed by atoms with van der Waals surface area (Å²) in [6.07, 6.45) is 0. The number of aromatic nitrogens is 6. The van der Waals surface area contributed by atoms with Gasteiger partial charge in [0.15, 0.2) is 28.6 Å². The second-order valence-corrected chi connectivity index (χ2v) is 17.2. The van der Waals surface area contributed by atoms with Gasteiger partial charge in [0, 0.05) is 44.3 Å². The molecule has 69 heavy (non-hydrogen) atoms. The number of para-hydroxylation sites is 5. The topological polar surface area (TPSA) is 95.7 Å². The van der Waals surface area contributed by atoms with Crippen LogP contribution in [0.25, 0.3) is 139 Å². The van der Waals surface area contributed by atoms with Crippen molar-refractivity contribution in [1.82, 2.24) is 29.5 Å². The Morgan fingerprint density at radius 3 is 1.33 bits per heavy atom. The summed E-state index contributed by atoms with van der Waals surface area (Å²) in [7, 11) is 0. The fourth-order valence-corrected chi connectivity index (χ4v) is 9.81. The molecule has 0 saturated carbocycles. The number of benzene rings is 10. The number of fused-ring (bicyclic) bond motifs is 9. The lowest BCUT2D eigenvalue weighted by atomic mass is 9.93. The Labute approximate surface area is 394 Å². The summed E-state index contributed by atoms with van der Waals surface area (Å²) in [6, 6.07) is 75.2. The Morgan fingerprint density at radius 1 is 0.319 bits per heavy atom. The fourth-order valence-electron chi connectivity index (χ4n) is 9.81. The van der Waals surface area contributed by atoms with E-state index >= 15 is 0 Å². The maximum Gasteiger partial charge on any atom is 0.227 e. The van der Waals surface area contributed by atoms with Gasteiger partial charge in [0.2, 0.25) is 11.8 Å². The van der Waals surface area contributed by atoms with E-state index in [0.29, 0.717) is 29.3 Å². The summed E-state index contributed by atoms with van der Waals surface area (Å²) in [6.45, 7) is 0. The van der Waals surface area contributed by atoms with Crippen molar-refractivity contribution in [1.29, 1.82) is 0 Å². The van der Waals surface area contributed by atoms with E-state index in [1.54, 1.807) is 0 Å². The molecule has 322 valence electrons. The first-order valence-corrected chi connectivity index (χ1v) is 22.9. The van der Waals surface area contributed by atoms with E-state index < -0.39 is 0 Å². The number of nitrogens with zero attached hydrogens (tertiary/aromatic N) is 6. The summed E-state index contributed by atoms with van der Waals surface area (Å²) < 4.78 is 14.6. The molecule has 0 radical (unpaired) electrons. The van der Waals surface area contributed by atoms with Crippen molar-refractivity contribution < 1.29 is 8.83 Å². The Hall–Kier alpha value is -9.53. The summed E-state index contributed by atoms with van der Waals surface area (Å²) in [4.78, 5) is 24.7. The van der Waals surface area contributed by atoms with Gasteiger partial charge in [0.05, 0.1) is 11.0 Å². The minimum atomic E-state index is 0.545. The van der Waals surface area contributed by atoms with Crippen LogP contribution in [0.4, 0.5) is 0 Å². The van der Waals surface area contributed by atoms with Gasteiger partial charge < -0.3 is 13.4 Å². The Bertz CT molecular complexity index is 4090. The molecule has 0 atom stereocenters. The molecular weight excluding hydrogens is 849 g/mol. The summed E-state index contributed by atoms with van der Waals surface area (Å²) >= 11 is 0. The lowest BCUT2D eigenvalue weighted by Crippen LogP contribution is -2.00. The van der Waals surface area contributed by atoms with Crippen molar-refractivity contribution in [3.8, 4) is 73.9 Å². The lowest BCUT2D eigenvalue weighted by Gasteiger charge is -2.13.